The summed E-state index contributed by atoms with van der Waals surface area (Å²) < 4.78 is 5.66. The number of hydrogen-bond donors (Lipinski definition) is 1. The van der Waals surface area contributed by atoms with Crippen molar-refractivity contribution in [2.24, 2.45) is 0 Å². The van der Waals surface area contributed by atoms with Gasteiger partial charge in [-0.2, -0.15) is 0 Å². The van der Waals surface area contributed by atoms with Crippen LogP contribution < -0.4 is 5.32 Å². The maximum absolute atomic E-state index is 5.66. The lowest BCUT2D eigenvalue weighted by Gasteiger charge is -2.05. The SMILES string of the molecule is Cc1ccc(NCc2csc(C3CCCO3)n2)cc1. The van der Waals surface area contributed by atoms with Crippen molar-refractivity contribution in [2.75, 3.05) is 11.9 Å². The van der Waals surface area contributed by atoms with Gasteiger partial charge in [-0.05, 0) is 31.9 Å². The van der Waals surface area contributed by atoms with Gasteiger partial charge in [-0.1, -0.05) is 17.7 Å². The molecule has 1 atom stereocenters. The highest BCUT2D eigenvalue weighted by molar-refractivity contribution is 7.09. The van der Waals surface area contributed by atoms with Gasteiger partial charge in [0.15, 0.2) is 0 Å². The van der Waals surface area contributed by atoms with E-state index < -0.39 is 0 Å². The van der Waals surface area contributed by atoms with E-state index in [1.807, 2.05) is 0 Å². The Hall–Kier alpha value is -1.39. The molecule has 1 saturated heterocycles. The summed E-state index contributed by atoms with van der Waals surface area (Å²) in [5.74, 6) is 0. The number of thiazole rings is 1. The molecule has 1 N–H and O–H groups in total. The third-order valence-corrected chi connectivity index (χ3v) is 4.29. The topological polar surface area (TPSA) is 34.1 Å². The summed E-state index contributed by atoms with van der Waals surface area (Å²) in [6, 6.07) is 8.42. The summed E-state index contributed by atoms with van der Waals surface area (Å²) in [7, 11) is 0. The monoisotopic (exact) mass is 274 g/mol. The zero-order valence-electron chi connectivity index (χ0n) is 11.1. The standard InChI is InChI=1S/C15H18N2OS/c1-11-4-6-12(7-5-11)16-9-13-10-19-15(17-13)14-3-2-8-18-14/h4-7,10,14,16H,2-3,8-9H2,1H3. The number of aryl methyl sites for hydroxylation is 1. The number of nitrogens with zero attached hydrogens (tertiary/aromatic N) is 1. The van der Waals surface area contributed by atoms with Crippen LogP contribution in [0.3, 0.4) is 0 Å². The Morgan fingerprint density at radius 1 is 1.37 bits per heavy atom. The first kappa shape index (κ1) is 12.6. The van der Waals surface area contributed by atoms with Gasteiger partial charge >= 0.3 is 0 Å². The minimum atomic E-state index is 0.234. The highest BCUT2D eigenvalue weighted by atomic mass is 32.1. The largest absolute Gasteiger partial charge is 0.379 e. The average molecular weight is 274 g/mol. The molecule has 1 aromatic heterocycles. The molecule has 0 saturated carbocycles. The molecule has 1 aliphatic heterocycles. The van der Waals surface area contributed by atoms with E-state index in [-0.39, 0.29) is 6.10 Å². The van der Waals surface area contributed by atoms with E-state index in [1.165, 1.54) is 5.56 Å². The van der Waals surface area contributed by atoms with Crippen LogP contribution in [0.4, 0.5) is 5.69 Å². The van der Waals surface area contributed by atoms with Crippen LogP contribution in [-0.4, -0.2) is 11.6 Å². The lowest BCUT2D eigenvalue weighted by molar-refractivity contribution is 0.111. The Labute approximate surface area is 117 Å². The molecule has 1 unspecified atom stereocenters. The molecule has 3 nitrogen and oxygen atoms in total. The van der Waals surface area contributed by atoms with E-state index in [0.29, 0.717) is 0 Å². The molecule has 19 heavy (non-hydrogen) atoms. The van der Waals surface area contributed by atoms with Gasteiger partial charge < -0.3 is 10.1 Å². The minimum Gasteiger partial charge on any atom is -0.379 e. The summed E-state index contributed by atoms with van der Waals surface area (Å²) in [5, 5.41) is 6.64. The van der Waals surface area contributed by atoms with Gasteiger partial charge in [0, 0.05) is 17.7 Å². The van der Waals surface area contributed by atoms with Crippen molar-refractivity contribution in [3.8, 4) is 0 Å². The fourth-order valence-electron chi connectivity index (χ4n) is 2.19. The average Bonchev–Trinajstić information content (AvgIpc) is 3.09. The van der Waals surface area contributed by atoms with Gasteiger partial charge in [0.05, 0.1) is 12.2 Å². The third kappa shape index (κ3) is 3.14. The number of benzene rings is 1. The summed E-state index contributed by atoms with van der Waals surface area (Å²) in [5.41, 5.74) is 3.51. The highest BCUT2D eigenvalue weighted by Gasteiger charge is 2.20. The molecular formula is C15H18N2OS. The molecule has 0 amide bonds. The predicted molar refractivity (Wildman–Crippen MR) is 78.5 cm³/mol. The van der Waals surface area contributed by atoms with Gasteiger partial charge in [0.1, 0.15) is 11.1 Å². The van der Waals surface area contributed by atoms with E-state index in [4.69, 9.17) is 4.74 Å². The molecular weight excluding hydrogens is 256 g/mol. The van der Waals surface area contributed by atoms with Crippen LogP contribution in [0.15, 0.2) is 29.6 Å². The molecule has 0 spiro atoms. The fourth-order valence-corrected chi connectivity index (χ4v) is 3.09. The zero-order valence-corrected chi connectivity index (χ0v) is 11.9. The smallest absolute Gasteiger partial charge is 0.122 e. The Balaban J connectivity index is 1.59. The summed E-state index contributed by atoms with van der Waals surface area (Å²) >= 11 is 1.71. The van der Waals surface area contributed by atoms with Gasteiger partial charge in [0.2, 0.25) is 0 Å². The van der Waals surface area contributed by atoms with E-state index in [9.17, 15) is 0 Å². The third-order valence-electron chi connectivity index (χ3n) is 3.30. The fraction of sp³-hybridized carbons (Fsp3) is 0.400. The van der Waals surface area contributed by atoms with Crippen LogP contribution in [-0.2, 0) is 11.3 Å². The first-order valence-electron chi connectivity index (χ1n) is 6.68. The lowest BCUT2D eigenvalue weighted by Crippen LogP contribution is -2.01. The van der Waals surface area contributed by atoms with Gasteiger partial charge in [0.25, 0.3) is 0 Å². The van der Waals surface area contributed by atoms with Crippen molar-refractivity contribution in [1.82, 2.24) is 4.98 Å². The Morgan fingerprint density at radius 3 is 2.95 bits per heavy atom. The summed E-state index contributed by atoms with van der Waals surface area (Å²) in [6.45, 7) is 3.74. The number of nitrogens with one attached hydrogen (secondary N) is 1. The first-order chi connectivity index (χ1) is 9.31. The lowest BCUT2D eigenvalue weighted by atomic mass is 10.2. The van der Waals surface area contributed by atoms with Gasteiger partial charge in [-0.3, -0.25) is 0 Å². The zero-order chi connectivity index (χ0) is 13.1. The molecule has 3 rings (SSSR count). The van der Waals surface area contributed by atoms with E-state index in [1.54, 1.807) is 11.3 Å². The quantitative estimate of drug-likeness (QED) is 0.917. The molecule has 1 fully saturated rings. The van der Waals surface area contributed by atoms with Crippen LogP contribution >= 0.6 is 11.3 Å². The van der Waals surface area contributed by atoms with Crippen molar-refractivity contribution in [3.63, 3.8) is 0 Å². The van der Waals surface area contributed by atoms with Crippen molar-refractivity contribution >= 4 is 17.0 Å². The number of hydrogen-bond acceptors (Lipinski definition) is 4. The first-order valence-corrected chi connectivity index (χ1v) is 7.56. The van der Waals surface area contributed by atoms with Crippen molar-refractivity contribution < 1.29 is 4.74 Å². The Bertz CT molecular complexity index is 529. The van der Waals surface area contributed by atoms with E-state index in [2.05, 4.69) is 46.9 Å². The molecule has 2 heterocycles. The number of anilines is 1. The van der Waals surface area contributed by atoms with Crippen LogP contribution in [0.5, 0.6) is 0 Å². The number of ether oxygens (including phenoxy) is 1. The predicted octanol–water partition coefficient (Wildman–Crippen LogP) is 3.92. The molecule has 0 bridgehead atoms. The van der Waals surface area contributed by atoms with Crippen molar-refractivity contribution in [1.29, 1.82) is 0 Å². The molecule has 0 radical (unpaired) electrons. The molecule has 2 aromatic rings. The normalized spacial score (nSPS) is 18.7. The molecule has 0 aliphatic carbocycles. The second kappa shape index (κ2) is 5.72. The Kier molecular flexibility index (Phi) is 3.80. The Morgan fingerprint density at radius 2 is 2.21 bits per heavy atom. The maximum Gasteiger partial charge on any atom is 0.122 e. The van der Waals surface area contributed by atoms with Gasteiger partial charge in [-0.25, -0.2) is 4.98 Å². The number of aromatic nitrogens is 1. The second-order valence-electron chi connectivity index (χ2n) is 4.90. The van der Waals surface area contributed by atoms with Crippen LogP contribution in [0.25, 0.3) is 0 Å². The highest BCUT2D eigenvalue weighted by Crippen LogP contribution is 2.30. The minimum absolute atomic E-state index is 0.234. The van der Waals surface area contributed by atoms with E-state index in [0.717, 1.165) is 42.4 Å². The molecule has 4 heteroatoms. The van der Waals surface area contributed by atoms with Crippen molar-refractivity contribution in [2.45, 2.75) is 32.4 Å². The number of rotatable bonds is 4. The second-order valence-corrected chi connectivity index (χ2v) is 5.79. The van der Waals surface area contributed by atoms with Gasteiger partial charge in [-0.15, -0.1) is 11.3 Å². The van der Waals surface area contributed by atoms with Crippen molar-refractivity contribution in [3.05, 3.63) is 45.9 Å². The molecule has 100 valence electrons. The summed E-state index contributed by atoms with van der Waals surface area (Å²) in [6.07, 6.45) is 2.50. The molecule has 1 aromatic carbocycles. The molecule has 1 aliphatic rings. The van der Waals surface area contributed by atoms with Crippen LogP contribution in [0, 0.1) is 6.92 Å². The van der Waals surface area contributed by atoms with E-state index >= 15 is 0 Å². The van der Waals surface area contributed by atoms with Crippen LogP contribution in [0.2, 0.25) is 0 Å². The maximum atomic E-state index is 5.66. The summed E-state index contributed by atoms with van der Waals surface area (Å²) in [4.78, 5) is 4.66. The van der Waals surface area contributed by atoms with Crippen LogP contribution in [0.1, 0.15) is 35.2 Å².